The molecule has 1 aromatic heterocycles. The molecule has 0 bridgehead atoms. The third-order valence-electron chi connectivity index (χ3n) is 4.55. The van der Waals surface area contributed by atoms with Gasteiger partial charge in [0.15, 0.2) is 6.61 Å². The van der Waals surface area contributed by atoms with Crippen LogP contribution in [-0.2, 0) is 16.1 Å². The molecule has 4 aromatic rings. The number of esters is 1. The molecule has 0 aliphatic rings. The standard InChI is InChI=1S/C23H18O5/c1-15-11-22(24)28-21-12-18(9-10-19(15)21)26-14-23(25)27-13-17-7-4-6-16-5-2-3-8-20(16)17/h2-12H,13-14H2,1H3. The molecule has 0 atom stereocenters. The first-order chi connectivity index (χ1) is 13.6. The van der Waals surface area contributed by atoms with E-state index in [1.807, 2.05) is 49.4 Å². The zero-order valence-corrected chi connectivity index (χ0v) is 15.3. The van der Waals surface area contributed by atoms with E-state index in [1.165, 1.54) is 6.07 Å². The van der Waals surface area contributed by atoms with Crippen molar-refractivity contribution in [3.63, 3.8) is 0 Å². The van der Waals surface area contributed by atoms with Gasteiger partial charge in [-0.2, -0.15) is 0 Å². The van der Waals surface area contributed by atoms with Crippen molar-refractivity contribution in [1.82, 2.24) is 0 Å². The summed E-state index contributed by atoms with van der Waals surface area (Å²) >= 11 is 0. The maximum absolute atomic E-state index is 12.1. The summed E-state index contributed by atoms with van der Waals surface area (Å²) in [5.41, 5.74) is 1.77. The smallest absolute Gasteiger partial charge is 0.344 e. The lowest BCUT2D eigenvalue weighted by Crippen LogP contribution is -2.14. The molecule has 0 saturated heterocycles. The van der Waals surface area contributed by atoms with Crippen molar-refractivity contribution in [3.8, 4) is 5.75 Å². The highest BCUT2D eigenvalue weighted by atomic mass is 16.6. The van der Waals surface area contributed by atoms with Gasteiger partial charge in [-0.1, -0.05) is 42.5 Å². The van der Waals surface area contributed by atoms with Gasteiger partial charge in [-0.05, 0) is 41.0 Å². The number of fused-ring (bicyclic) bond motifs is 2. The molecule has 0 radical (unpaired) electrons. The van der Waals surface area contributed by atoms with E-state index in [-0.39, 0.29) is 13.2 Å². The van der Waals surface area contributed by atoms with Crippen LogP contribution in [-0.4, -0.2) is 12.6 Å². The van der Waals surface area contributed by atoms with E-state index in [4.69, 9.17) is 13.9 Å². The minimum absolute atomic E-state index is 0.176. The molecular formula is C23H18O5. The largest absolute Gasteiger partial charge is 0.482 e. The molecule has 0 spiro atoms. The van der Waals surface area contributed by atoms with Gasteiger partial charge in [0.05, 0.1) is 0 Å². The molecule has 140 valence electrons. The first kappa shape index (κ1) is 17.8. The van der Waals surface area contributed by atoms with Crippen LogP contribution in [0.1, 0.15) is 11.1 Å². The Bertz CT molecular complexity index is 1220. The van der Waals surface area contributed by atoms with Crippen LogP contribution in [0, 0.1) is 6.92 Å². The summed E-state index contributed by atoms with van der Waals surface area (Å²) in [6, 6.07) is 20.4. The molecule has 0 aliphatic heterocycles. The predicted molar refractivity (Wildman–Crippen MR) is 106 cm³/mol. The maximum atomic E-state index is 12.1. The van der Waals surface area contributed by atoms with Crippen LogP contribution < -0.4 is 10.4 Å². The fourth-order valence-electron chi connectivity index (χ4n) is 3.16. The van der Waals surface area contributed by atoms with E-state index in [2.05, 4.69) is 0 Å². The average molecular weight is 374 g/mol. The molecule has 5 heteroatoms. The first-order valence-electron chi connectivity index (χ1n) is 8.90. The third kappa shape index (κ3) is 3.74. The quantitative estimate of drug-likeness (QED) is 0.383. The zero-order valence-electron chi connectivity index (χ0n) is 15.3. The predicted octanol–water partition coefficient (Wildman–Crippen LogP) is 4.38. The summed E-state index contributed by atoms with van der Waals surface area (Å²) in [5.74, 6) is -0.0397. The van der Waals surface area contributed by atoms with Gasteiger partial charge < -0.3 is 13.9 Å². The molecular weight excluding hydrogens is 356 g/mol. The number of hydrogen-bond donors (Lipinski definition) is 0. The van der Waals surface area contributed by atoms with E-state index in [0.717, 1.165) is 27.3 Å². The van der Waals surface area contributed by atoms with E-state index in [1.54, 1.807) is 18.2 Å². The van der Waals surface area contributed by atoms with Crippen molar-refractivity contribution in [2.45, 2.75) is 13.5 Å². The van der Waals surface area contributed by atoms with Crippen molar-refractivity contribution in [2.75, 3.05) is 6.61 Å². The second kappa shape index (κ2) is 7.56. The summed E-state index contributed by atoms with van der Waals surface area (Å²) in [5, 5.41) is 2.98. The van der Waals surface area contributed by atoms with Crippen molar-refractivity contribution >= 4 is 27.7 Å². The Labute approximate surface area is 161 Å². The van der Waals surface area contributed by atoms with Crippen molar-refractivity contribution in [3.05, 3.63) is 88.3 Å². The molecule has 0 N–H and O–H groups in total. The summed E-state index contributed by atoms with van der Waals surface area (Å²) in [4.78, 5) is 23.6. The second-order valence-electron chi connectivity index (χ2n) is 6.49. The van der Waals surface area contributed by atoms with Crippen molar-refractivity contribution in [1.29, 1.82) is 0 Å². The number of carbonyl (C=O) groups is 1. The van der Waals surface area contributed by atoms with Gasteiger partial charge in [0.2, 0.25) is 0 Å². The summed E-state index contributed by atoms with van der Waals surface area (Å²) in [6.45, 7) is 1.78. The molecule has 3 aromatic carbocycles. The Morgan fingerprint density at radius 1 is 0.964 bits per heavy atom. The maximum Gasteiger partial charge on any atom is 0.344 e. The van der Waals surface area contributed by atoms with Gasteiger partial charge in [0.25, 0.3) is 0 Å². The van der Waals surface area contributed by atoms with Crippen LogP contribution in [0.2, 0.25) is 0 Å². The molecule has 5 nitrogen and oxygen atoms in total. The third-order valence-corrected chi connectivity index (χ3v) is 4.55. The Morgan fingerprint density at radius 2 is 1.79 bits per heavy atom. The van der Waals surface area contributed by atoms with Crippen molar-refractivity contribution in [2.24, 2.45) is 0 Å². The minimum Gasteiger partial charge on any atom is -0.482 e. The fraction of sp³-hybridized carbons (Fsp3) is 0.130. The van der Waals surface area contributed by atoms with Crippen LogP contribution in [0.15, 0.2) is 75.9 Å². The van der Waals surface area contributed by atoms with Crippen molar-refractivity contribution < 1.29 is 18.7 Å². The molecule has 0 aliphatic carbocycles. The molecule has 0 saturated carbocycles. The molecule has 28 heavy (non-hydrogen) atoms. The SMILES string of the molecule is Cc1cc(=O)oc2cc(OCC(=O)OCc3cccc4ccccc34)ccc12. The van der Waals surface area contributed by atoms with E-state index < -0.39 is 11.6 Å². The topological polar surface area (TPSA) is 65.7 Å². The molecule has 0 unspecified atom stereocenters. The summed E-state index contributed by atoms with van der Waals surface area (Å²) < 4.78 is 16.0. The highest BCUT2D eigenvalue weighted by molar-refractivity contribution is 5.86. The highest BCUT2D eigenvalue weighted by Crippen LogP contribution is 2.22. The zero-order chi connectivity index (χ0) is 19.5. The normalized spacial score (nSPS) is 10.9. The number of ether oxygens (including phenoxy) is 2. The number of carbonyl (C=O) groups excluding carboxylic acids is 1. The van der Waals surface area contributed by atoms with Gasteiger partial charge in [0.1, 0.15) is 17.9 Å². The number of aryl methyl sites for hydroxylation is 1. The molecule has 1 heterocycles. The summed E-state index contributed by atoms with van der Waals surface area (Å²) in [7, 11) is 0. The van der Waals surface area contributed by atoms with Gasteiger partial charge in [-0.25, -0.2) is 9.59 Å². The van der Waals surface area contributed by atoms with Gasteiger partial charge in [-0.3, -0.25) is 0 Å². The summed E-state index contributed by atoms with van der Waals surface area (Å²) in [6.07, 6.45) is 0. The van der Waals surface area contributed by atoms with E-state index >= 15 is 0 Å². The lowest BCUT2D eigenvalue weighted by atomic mass is 10.1. The fourth-order valence-corrected chi connectivity index (χ4v) is 3.16. The van der Waals surface area contributed by atoms with Crippen LogP contribution in [0.5, 0.6) is 5.75 Å². The number of benzene rings is 3. The van der Waals surface area contributed by atoms with Gasteiger partial charge in [0, 0.05) is 17.5 Å². The van der Waals surface area contributed by atoms with Crippen LogP contribution in [0.3, 0.4) is 0 Å². The monoisotopic (exact) mass is 374 g/mol. The Balaban J connectivity index is 1.40. The number of hydrogen-bond acceptors (Lipinski definition) is 5. The van der Waals surface area contributed by atoms with Gasteiger partial charge >= 0.3 is 11.6 Å². The second-order valence-corrected chi connectivity index (χ2v) is 6.49. The molecule has 0 amide bonds. The number of rotatable bonds is 5. The highest BCUT2D eigenvalue weighted by Gasteiger charge is 2.09. The van der Waals surface area contributed by atoms with Crippen LogP contribution in [0.25, 0.3) is 21.7 Å². The minimum atomic E-state index is -0.473. The Hall–Kier alpha value is -3.60. The van der Waals surface area contributed by atoms with Crippen LogP contribution in [0.4, 0.5) is 0 Å². The Morgan fingerprint density at radius 3 is 2.68 bits per heavy atom. The lowest BCUT2D eigenvalue weighted by molar-refractivity contribution is -0.147. The lowest BCUT2D eigenvalue weighted by Gasteiger charge is -2.09. The van der Waals surface area contributed by atoms with Crippen LogP contribution >= 0.6 is 0 Å². The van der Waals surface area contributed by atoms with E-state index in [9.17, 15) is 9.59 Å². The molecule has 0 fully saturated rings. The van der Waals surface area contributed by atoms with E-state index in [0.29, 0.717) is 11.3 Å². The van der Waals surface area contributed by atoms with Gasteiger partial charge in [-0.15, -0.1) is 0 Å². The average Bonchev–Trinajstić information content (AvgIpc) is 2.70. The first-order valence-corrected chi connectivity index (χ1v) is 8.90. The Kier molecular flexibility index (Phi) is 4.81. The molecule has 4 rings (SSSR count).